The molecule has 0 radical (unpaired) electrons. The van der Waals surface area contributed by atoms with Crippen molar-refractivity contribution in [2.45, 2.75) is 31.6 Å². The minimum Gasteiger partial charge on any atom is -0.352 e. The predicted octanol–water partition coefficient (Wildman–Crippen LogP) is 1.86. The summed E-state index contributed by atoms with van der Waals surface area (Å²) in [6.07, 6.45) is 4.48. The molecule has 1 heterocycles. The maximum Gasteiger partial charge on any atom is 0.234 e. The van der Waals surface area contributed by atoms with Crippen LogP contribution < -0.4 is 5.32 Å². The van der Waals surface area contributed by atoms with Gasteiger partial charge in [0.2, 0.25) is 11.8 Å². The molecule has 0 spiro atoms. The second-order valence-electron chi connectivity index (χ2n) is 7.46. The Hall–Kier alpha value is -2.14. The Morgan fingerprint density at radius 3 is 2.54 bits per heavy atom. The molecule has 1 aromatic carbocycles. The molecule has 1 aromatic rings. The van der Waals surface area contributed by atoms with Crippen molar-refractivity contribution in [1.29, 1.82) is 0 Å². The molecule has 2 amide bonds. The first-order valence-electron chi connectivity index (χ1n) is 9.52. The zero-order valence-electron chi connectivity index (χ0n) is 15.7. The molecule has 5 heteroatoms. The van der Waals surface area contributed by atoms with Gasteiger partial charge in [-0.2, -0.15) is 0 Å². The molecule has 1 N–H and O–H groups in total. The number of hydrogen-bond acceptors (Lipinski definition) is 3. The van der Waals surface area contributed by atoms with Crippen molar-refractivity contribution in [3.63, 3.8) is 0 Å². The molecular formula is C21H29N3O2. The van der Waals surface area contributed by atoms with Crippen LogP contribution >= 0.6 is 0 Å². The summed E-state index contributed by atoms with van der Waals surface area (Å²) in [6.45, 7) is 9.63. The predicted molar refractivity (Wildman–Crippen MR) is 103 cm³/mol. The van der Waals surface area contributed by atoms with E-state index in [1.165, 1.54) is 5.56 Å². The second-order valence-corrected chi connectivity index (χ2v) is 7.46. The SMILES string of the molecule is C=CCNC(=O)CN1CCCN(C(=O)C2(c3ccc(C)cc3)CC2)CC1. The number of carbonyl (C=O) groups is 2. The monoisotopic (exact) mass is 355 g/mol. The first-order chi connectivity index (χ1) is 12.5. The number of hydrogen-bond donors (Lipinski definition) is 1. The molecule has 26 heavy (non-hydrogen) atoms. The highest BCUT2D eigenvalue weighted by Gasteiger charge is 2.52. The van der Waals surface area contributed by atoms with Gasteiger partial charge in [-0.15, -0.1) is 6.58 Å². The minimum absolute atomic E-state index is 0.0167. The summed E-state index contributed by atoms with van der Waals surface area (Å²) in [6, 6.07) is 8.39. The summed E-state index contributed by atoms with van der Waals surface area (Å²) in [7, 11) is 0. The van der Waals surface area contributed by atoms with E-state index in [-0.39, 0.29) is 17.2 Å². The molecule has 1 saturated carbocycles. The number of amides is 2. The van der Waals surface area contributed by atoms with Crippen LogP contribution in [-0.4, -0.2) is 60.9 Å². The third-order valence-electron chi connectivity index (χ3n) is 5.45. The first-order valence-corrected chi connectivity index (χ1v) is 9.52. The van der Waals surface area contributed by atoms with E-state index in [0.717, 1.165) is 44.5 Å². The van der Waals surface area contributed by atoms with E-state index >= 15 is 0 Å². The summed E-state index contributed by atoms with van der Waals surface area (Å²) in [5.41, 5.74) is 2.07. The third-order valence-corrected chi connectivity index (χ3v) is 5.45. The van der Waals surface area contributed by atoms with Crippen molar-refractivity contribution in [1.82, 2.24) is 15.1 Å². The van der Waals surface area contributed by atoms with Gasteiger partial charge in [-0.1, -0.05) is 35.9 Å². The summed E-state index contributed by atoms with van der Waals surface area (Å²) in [5.74, 6) is 0.280. The number of carbonyl (C=O) groups excluding carboxylic acids is 2. The fourth-order valence-electron chi connectivity index (χ4n) is 3.70. The molecular weight excluding hydrogens is 326 g/mol. The Morgan fingerprint density at radius 2 is 1.88 bits per heavy atom. The standard InChI is InChI=1S/C21H29N3O2/c1-3-11-22-19(25)16-23-12-4-13-24(15-14-23)20(26)21(9-10-21)18-7-5-17(2)6-8-18/h3,5-8H,1,4,9-16H2,2H3,(H,22,25). The van der Waals surface area contributed by atoms with Gasteiger partial charge < -0.3 is 10.2 Å². The number of aryl methyl sites for hydroxylation is 1. The Kier molecular flexibility index (Phi) is 5.77. The molecule has 1 aliphatic carbocycles. The molecule has 0 atom stereocenters. The van der Waals surface area contributed by atoms with Crippen LogP contribution in [0.1, 0.15) is 30.4 Å². The highest BCUT2D eigenvalue weighted by Crippen LogP contribution is 2.49. The lowest BCUT2D eigenvalue weighted by atomic mass is 9.93. The lowest BCUT2D eigenvalue weighted by Crippen LogP contribution is -2.42. The van der Waals surface area contributed by atoms with E-state index in [4.69, 9.17) is 0 Å². The highest BCUT2D eigenvalue weighted by atomic mass is 16.2. The van der Waals surface area contributed by atoms with Crippen molar-refractivity contribution >= 4 is 11.8 Å². The van der Waals surface area contributed by atoms with Crippen LogP contribution in [0.2, 0.25) is 0 Å². The molecule has 140 valence electrons. The molecule has 3 rings (SSSR count). The Morgan fingerprint density at radius 1 is 1.15 bits per heavy atom. The Labute approximate surface area is 156 Å². The van der Waals surface area contributed by atoms with Gasteiger partial charge in [0.05, 0.1) is 12.0 Å². The smallest absolute Gasteiger partial charge is 0.234 e. The van der Waals surface area contributed by atoms with Crippen LogP contribution in [0, 0.1) is 6.92 Å². The van der Waals surface area contributed by atoms with Crippen molar-refractivity contribution in [3.05, 3.63) is 48.0 Å². The van der Waals surface area contributed by atoms with Crippen LogP contribution in [0.5, 0.6) is 0 Å². The third kappa shape index (κ3) is 4.15. The highest BCUT2D eigenvalue weighted by molar-refractivity contribution is 5.91. The molecule has 1 saturated heterocycles. The molecule has 0 aromatic heterocycles. The summed E-state index contributed by atoms with van der Waals surface area (Å²) in [5, 5.41) is 2.82. The van der Waals surface area contributed by atoms with Gasteiger partial charge in [0.25, 0.3) is 0 Å². The quantitative estimate of drug-likeness (QED) is 0.793. The number of rotatable bonds is 6. The van der Waals surface area contributed by atoms with E-state index in [2.05, 4.69) is 48.0 Å². The van der Waals surface area contributed by atoms with Crippen LogP contribution in [-0.2, 0) is 15.0 Å². The second kappa shape index (κ2) is 8.04. The lowest BCUT2D eigenvalue weighted by molar-refractivity contribution is -0.133. The molecule has 0 unspecified atom stereocenters. The minimum atomic E-state index is -0.301. The maximum absolute atomic E-state index is 13.2. The van der Waals surface area contributed by atoms with Crippen molar-refractivity contribution in [2.24, 2.45) is 0 Å². The van der Waals surface area contributed by atoms with Gasteiger partial charge in [-0.25, -0.2) is 0 Å². The van der Waals surface area contributed by atoms with Crippen LogP contribution in [0.25, 0.3) is 0 Å². The number of benzene rings is 1. The normalized spacial score (nSPS) is 19.5. The average Bonchev–Trinajstić information content (AvgIpc) is 3.45. The van der Waals surface area contributed by atoms with Crippen LogP contribution in [0.4, 0.5) is 0 Å². The van der Waals surface area contributed by atoms with Gasteiger partial charge in [0.15, 0.2) is 0 Å². The fraction of sp³-hybridized carbons (Fsp3) is 0.524. The van der Waals surface area contributed by atoms with Crippen molar-refractivity contribution < 1.29 is 9.59 Å². The summed E-state index contributed by atoms with van der Waals surface area (Å²) >= 11 is 0. The first kappa shape index (κ1) is 18.6. The Bertz CT molecular complexity index is 664. The molecule has 2 aliphatic rings. The summed E-state index contributed by atoms with van der Waals surface area (Å²) in [4.78, 5) is 29.3. The van der Waals surface area contributed by atoms with Crippen LogP contribution in [0.15, 0.2) is 36.9 Å². The van der Waals surface area contributed by atoms with Gasteiger partial charge in [0, 0.05) is 32.7 Å². The molecule has 2 fully saturated rings. The van der Waals surface area contributed by atoms with E-state index in [1.807, 2.05) is 4.90 Å². The zero-order chi connectivity index (χ0) is 18.6. The number of nitrogens with one attached hydrogen (secondary N) is 1. The van der Waals surface area contributed by atoms with Gasteiger partial charge in [0.1, 0.15) is 0 Å². The molecule has 0 bridgehead atoms. The maximum atomic E-state index is 13.2. The van der Waals surface area contributed by atoms with Gasteiger partial charge in [-0.05, 0) is 31.7 Å². The molecule has 5 nitrogen and oxygen atoms in total. The van der Waals surface area contributed by atoms with E-state index in [1.54, 1.807) is 6.08 Å². The molecule has 1 aliphatic heterocycles. The number of nitrogens with zero attached hydrogens (tertiary/aromatic N) is 2. The zero-order valence-corrected chi connectivity index (χ0v) is 15.7. The largest absolute Gasteiger partial charge is 0.352 e. The van der Waals surface area contributed by atoms with Gasteiger partial charge >= 0.3 is 0 Å². The van der Waals surface area contributed by atoms with E-state index in [9.17, 15) is 9.59 Å². The van der Waals surface area contributed by atoms with E-state index in [0.29, 0.717) is 19.6 Å². The Balaban J connectivity index is 1.58. The van der Waals surface area contributed by atoms with Crippen molar-refractivity contribution in [3.8, 4) is 0 Å². The van der Waals surface area contributed by atoms with Gasteiger partial charge in [-0.3, -0.25) is 14.5 Å². The van der Waals surface area contributed by atoms with Crippen LogP contribution in [0.3, 0.4) is 0 Å². The topological polar surface area (TPSA) is 52.7 Å². The van der Waals surface area contributed by atoms with Crippen molar-refractivity contribution in [2.75, 3.05) is 39.3 Å². The average molecular weight is 355 g/mol. The lowest BCUT2D eigenvalue weighted by Gasteiger charge is -2.26. The van der Waals surface area contributed by atoms with E-state index < -0.39 is 0 Å². The fourth-order valence-corrected chi connectivity index (χ4v) is 3.70. The summed E-state index contributed by atoms with van der Waals surface area (Å²) < 4.78 is 0.